The molecule has 6 nitrogen and oxygen atoms in total. The average molecular weight is 419 g/mol. The van der Waals surface area contributed by atoms with Crippen LogP contribution in [-0.4, -0.2) is 25.7 Å². The number of aromatic nitrogens is 4. The van der Waals surface area contributed by atoms with Crippen LogP contribution in [0, 0.1) is 12.7 Å². The van der Waals surface area contributed by atoms with Crippen molar-refractivity contribution in [1.82, 2.24) is 25.1 Å². The second-order valence-electron chi connectivity index (χ2n) is 7.26. The van der Waals surface area contributed by atoms with Crippen LogP contribution in [0.2, 0.25) is 0 Å². The number of nitrogens with zero attached hydrogens (tertiary/aromatic N) is 4. The molecule has 3 aromatic heterocycles. The van der Waals surface area contributed by atoms with E-state index in [9.17, 15) is 22.4 Å². The second-order valence-corrected chi connectivity index (χ2v) is 7.26. The zero-order valence-corrected chi connectivity index (χ0v) is 16.1. The van der Waals surface area contributed by atoms with E-state index in [-0.39, 0.29) is 11.4 Å². The van der Waals surface area contributed by atoms with E-state index in [1.807, 2.05) is 0 Å². The third-order valence-electron chi connectivity index (χ3n) is 5.16. The number of halogens is 4. The van der Waals surface area contributed by atoms with Crippen LogP contribution >= 0.6 is 0 Å². The van der Waals surface area contributed by atoms with E-state index in [4.69, 9.17) is 0 Å². The molecule has 1 fully saturated rings. The minimum absolute atomic E-state index is 0.187. The predicted octanol–water partition coefficient (Wildman–Crippen LogP) is 3.76. The largest absolute Gasteiger partial charge is 0.435 e. The van der Waals surface area contributed by atoms with Gasteiger partial charge in [0.1, 0.15) is 5.69 Å². The Balaban J connectivity index is 1.56. The van der Waals surface area contributed by atoms with Crippen molar-refractivity contribution in [3.8, 4) is 11.3 Å². The zero-order valence-electron chi connectivity index (χ0n) is 16.1. The summed E-state index contributed by atoms with van der Waals surface area (Å²) in [6.45, 7) is 1.56. The molecule has 0 spiro atoms. The number of aryl methyl sites for hydroxylation is 2. The lowest BCUT2D eigenvalue weighted by Crippen LogP contribution is -2.36. The van der Waals surface area contributed by atoms with Crippen molar-refractivity contribution in [3.63, 3.8) is 0 Å². The number of amides is 1. The number of alkyl halides is 3. The summed E-state index contributed by atoms with van der Waals surface area (Å²) in [6, 6.07) is 5.63. The van der Waals surface area contributed by atoms with E-state index in [0.717, 1.165) is 10.7 Å². The van der Waals surface area contributed by atoms with Crippen LogP contribution in [0.5, 0.6) is 0 Å². The molecular weight excluding hydrogens is 402 g/mol. The number of carbonyl (C=O) groups is 1. The Bertz CT molecular complexity index is 1120. The van der Waals surface area contributed by atoms with Gasteiger partial charge in [-0.3, -0.25) is 19.4 Å². The van der Waals surface area contributed by atoms with Gasteiger partial charge in [-0.2, -0.15) is 18.3 Å². The van der Waals surface area contributed by atoms with Crippen LogP contribution in [0.1, 0.15) is 40.3 Å². The van der Waals surface area contributed by atoms with Crippen molar-refractivity contribution in [2.45, 2.75) is 31.5 Å². The van der Waals surface area contributed by atoms with Gasteiger partial charge in [-0.1, -0.05) is 6.07 Å². The van der Waals surface area contributed by atoms with Crippen molar-refractivity contribution < 1.29 is 22.4 Å². The third-order valence-corrected chi connectivity index (χ3v) is 5.16. The molecule has 0 bridgehead atoms. The van der Waals surface area contributed by atoms with Crippen LogP contribution in [0.4, 0.5) is 17.6 Å². The van der Waals surface area contributed by atoms with Gasteiger partial charge in [0.2, 0.25) is 0 Å². The molecule has 0 radical (unpaired) electrons. The summed E-state index contributed by atoms with van der Waals surface area (Å²) in [6.07, 6.45) is -0.357. The summed E-state index contributed by atoms with van der Waals surface area (Å²) >= 11 is 0. The van der Waals surface area contributed by atoms with Gasteiger partial charge in [-0.25, -0.2) is 4.39 Å². The number of carbonyl (C=O) groups excluding carboxylic acids is 1. The lowest BCUT2D eigenvalue weighted by Gasteiger charge is -2.18. The first-order valence-corrected chi connectivity index (χ1v) is 9.12. The van der Waals surface area contributed by atoms with E-state index in [0.29, 0.717) is 29.7 Å². The standard InChI is InChI=1S/C20H17F4N5O/c1-11-17(21)13(5-8-25-11)14-4-3-12(10-26-14)19(6-7-19)27-18(30)15-9-16(20(22,23)24)28-29(15)2/h3-5,8-10H,6-7H2,1-2H3,(H,27,30). The van der Waals surface area contributed by atoms with E-state index >= 15 is 0 Å². The Kier molecular flexibility index (Phi) is 4.59. The van der Waals surface area contributed by atoms with Gasteiger partial charge >= 0.3 is 6.18 Å². The molecule has 3 heterocycles. The molecule has 0 aliphatic heterocycles. The van der Waals surface area contributed by atoms with E-state index < -0.39 is 29.1 Å². The van der Waals surface area contributed by atoms with Crippen molar-refractivity contribution >= 4 is 5.91 Å². The minimum Gasteiger partial charge on any atom is -0.341 e. The Morgan fingerprint density at radius 2 is 1.93 bits per heavy atom. The summed E-state index contributed by atoms with van der Waals surface area (Å²) in [4.78, 5) is 20.8. The SMILES string of the molecule is Cc1nccc(-c2ccc(C3(NC(=O)c4cc(C(F)(F)F)nn4C)CC3)cn2)c1F. The first kappa shape index (κ1) is 20.0. The molecule has 1 aliphatic carbocycles. The fourth-order valence-corrected chi connectivity index (χ4v) is 3.29. The smallest absolute Gasteiger partial charge is 0.341 e. The lowest BCUT2D eigenvalue weighted by atomic mass is 10.0. The normalized spacial score (nSPS) is 15.1. The molecule has 156 valence electrons. The maximum Gasteiger partial charge on any atom is 0.435 e. The Labute approximate surface area is 169 Å². The maximum atomic E-state index is 14.3. The van der Waals surface area contributed by atoms with E-state index in [2.05, 4.69) is 20.4 Å². The number of pyridine rings is 2. The Morgan fingerprint density at radius 3 is 2.50 bits per heavy atom. The zero-order chi connectivity index (χ0) is 21.7. The van der Waals surface area contributed by atoms with Gasteiger partial charge in [-0.05, 0) is 37.5 Å². The van der Waals surface area contributed by atoms with Gasteiger partial charge < -0.3 is 5.32 Å². The van der Waals surface area contributed by atoms with Gasteiger partial charge in [0.15, 0.2) is 11.5 Å². The van der Waals surface area contributed by atoms with Crippen LogP contribution in [0.3, 0.4) is 0 Å². The summed E-state index contributed by atoms with van der Waals surface area (Å²) < 4.78 is 53.7. The van der Waals surface area contributed by atoms with Crippen molar-refractivity contribution in [2.75, 3.05) is 0 Å². The highest BCUT2D eigenvalue weighted by atomic mass is 19.4. The van der Waals surface area contributed by atoms with Crippen LogP contribution < -0.4 is 5.32 Å². The molecule has 1 saturated carbocycles. The second kappa shape index (κ2) is 6.89. The molecule has 0 unspecified atom stereocenters. The van der Waals surface area contributed by atoms with Crippen molar-refractivity contribution in [2.24, 2.45) is 7.05 Å². The highest BCUT2D eigenvalue weighted by Gasteiger charge is 2.46. The molecule has 3 aromatic rings. The Morgan fingerprint density at radius 1 is 1.20 bits per heavy atom. The highest BCUT2D eigenvalue weighted by molar-refractivity contribution is 5.93. The first-order valence-electron chi connectivity index (χ1n) is 9.12. The van der Waals surface area contributed by atoms with Crippen LogP contribution in [-0.2, 0) is 18.8 Å². The number of hydrogen-bond acceptors (Lipinski definition) is 4. The molecule has 30 heavy (non-hydrogen) atoms. The van der Waals surface area contributed by atoms with Crippen molar-refractivity contribution in [1.29, 1.82) is 0 Å². The van der Waals surface area contributed by atoms with Gasteiger partial charge in [0, 0.05) is 31.1 Å². The van der Waals surface area contributed by atoms with E-state index in [1.165, 1.54) is 19.3 Å². The van der Waals surface area contributed by atoms with Crippen LogP contribution in [0.15, 0.2) is 36.7 Å². The summed E-state index contributed by atoms with van der Waals surface area (Å²) in [5.74, 6) is -1.11. The number of hydrogen-bond donors (Lipinski definition) is 1. The van der Waals surface area contributed by atoms with Gasteiger partial charge in [-0.15, -0.1) is 0 Å². The quantitative estimate of drug-likeness (QED) is 0.654. The topological polar surface area (TPSA) is 72.7 Å². The molecule has 10 heteroatoms. The predicted molar refractivity (Wildman–Crippen MR) is 98.8 cm³/mol. The highest BCUT2D eigenvalue weighted by Crippen LogP contribution is 2.45. The molecule has 0 saturated heterocycles. The van der Waals surface area contributed by atoms with Crippen LogP contribution in [0.25, 0.3) is 11.3 Å². The fraction of sp³-hybridized carbons (Fsp3) is 0.300. The summed E-state index contributed by atoms with van der Waals surface area (Å²) in [5.41, 5.74) is -0.323. The Hall–Kier alpha value is -3.30. The molecule has 1 N–H and O–H groups in total. The van der Waals surface area contributed by atoms with Gasteiger partial charge in [0.05, 0.1) is 16.9 Å². The minimum atomic E-state index is -4.63. The lowest BCUT2D eigenvalue weighted by molar-refractivity contribution is -0.141. The first-order chi connectivity index (χ1) is 14.1. The molecule has 0 aromatic carbocycles. The summed E-state index contributed by atoms with van der Waals surface area (Å²) in [5, 5.41) is 6.16. The molecule has 1 amide bonds. The van der Waals surface area contributed by atoms with E-state index in [1.54, 1.807) is 25.3 Å². The molecule has 0 atom stereocenters. The molecule has 4 rings (SSSR count). The monoisotopic (exact) mass is 419 g/mol. The average Bonchev–Trinajstić information content (AvgIpc) is 3.35. The number of rotatable bonds is 4. The third kappa shape index (κ3) is 3.53. The fourth-order valence-electron chi connectivity index (χ4n) is 3.29. The maximum absolute atomic E-state index is 14.3. The number of nitrogens with one attached hydrogen (secondary N) is 1. The van der Waals surface area contributed by atoms with Gasteiger partial charge in [0.25, 0.3) is 5.91 Å². The van der Waals surface area contributed by atoms with Crippen molar-refractivity contribution in [3.05, 3.63) is 65.1 Å². The summed E-state index contributed by atoms with van der Waals surface area (Å²) in [7, 11) is 1.28. The molecular formula is C20H17F4N5O. The molecule has 1 aliphatic rings.